The third-order valence-corrected chi connectivity index (χ3v) is 3.01. The molecule has 0 saturated carbocycles. The molecule has 0 bridgehead atoms. The molecule has 0 aromatic heterocycles. The van der Waals surface area contributed by atoms with Crippen LogP contribution >= 0.6 is 0 Å². The van der Waals surface area contributed by atoms with Crippen LogP contribution in [0, 0.1) is 5.92 Å². The Labute approximate surface area is 96.8 Å². The van der Waals surface area contributed by atoms with Crippen molar-refractivity contribution in [2.45, 2.75) is 20.3 Å². The summed E-state index contributed by atoms with van der Waals surface area (Å²) in [4.78, 5) is 26.4. The first kappa shape index (κ1) is 12.8. The number of carbonyl (C=O) groups excluding carboxylic acids is 2. The van der Waals surface area contributed by atoms with E-state index in [1.807, 2.05) is 13.8 Å². The van der Waals surface area contributed by atoms with E-state index < -0.39 is 0 Å². The Morgan fingerprint density at radius 1 is 1.50 bits per heavy atom. The Morgan fingerprint density at radius 2 is 2.12 bits per heavy atom. The van der Waals surface area contributed by atoms with Crippen molar-refractivity contribution in [3.63, 3.8) is 0 Å². The summed E-state index contributed by atoms with van der Waals surface area (Å²) in [5, 5.41) is 2.88. The molecule has 0 aliphatic carbocycles. The highest BCUT2D eigenvalue weighted by atomic mass is 16.2. The molecular weight excluding hydrogens is 206 g/mol. The lowest BCUT2D eigenvalue weighted by Crippen LogP contribution is -2.41. The second-order valence-electron chi connectivity index (χ2n) is 4.20. The van der Waals surface area contributed by atoms with Gasteiger partial charge in [-0.05, 0) is 13.8 Å². The van der Waals surface area contributed by atoms with E-state index in [0.29, 0.717) is 26.1 Å². The van der Waals surface area contributed by atoms with Crippen LogP contribution in [-0.2, 0) is 4.79 Å². The Hall–Kier alpha value is -1.26. The molecule has 0 aromatic rings. The number of rotatable bonds is 4. The van der Waals surface area contributed by atoms with Gasteiger partial charge in [-0.1, -0.05) is 0 Å². The minimum atomic E-state index is -0.0352. The van der Waals surface area contributed by atoms with Crippen LogP contribution in [0.1, 0.15) is 20.3 Å². The summed E-state index contributed by atoms with van der Waals surface area (Å²) >= 11 is 0. The van der Waals surface area contributed by atoms with Gasteiger partial charge in [-0.3, -0.25) is 4.79 Å². The van der Waals surface area contributed by atoms with Crippen molar-refractivity contribution in [3.05, 3.63) is 0 Å². The lowest BCUT2D eigenvalue weighted by Gasteiger charge is -2.20. The van der Waals surface area contributed by atoms with Gasteiger partial charge in [0.25, 0.3) is 0 Å². The van der Waals surface area contributed by atoms with E-state index in [2.05, 4.69) is 5.32 Å². The summed E-state index contributed by atoms with van der Waals surface area (Å²) in [7, 11) is 1.80. The normalized spacial score (nSPS) is 20.1. The molecule has 1 heterocycles. The number of urea groups is 1. The van der Waals surface area contributed by atoms with Crippen LogP contribution in [-0.4, -0.2) is 55.0 Å². The number of hydrogen-bond acceptors (Lipinski definition) is 2. The van der Waals surface area contributed by atoms with Crippen molar-refractivity contribution in [1.82, 2.24) is 15.1 Å². The van der Waals surface area contributed by atoms with E-state index in [9.17, 15) is 9.59 Å². The van der Waals surface area contributed by atoms with E-state index >= 15 is 0 Å². The summed E-state index contributed by atoms with van der Waals surface area (Å²) < 4.78 is 0. The minimum Gasteiger partial charge on any atom is -0.345 e. The molecule has 1 aliphatic rings. The standard InChI is InChI=1S/C11H21N3O2/c1-4-14(5-2)11(16)12-7-9-6-10(15)13(3)8-9/h9H,4-8H2,1-3H3,(H,12,16). The molecule has 5 nitrogen and oxygen atoms in total. The molecule has 0 aromatic carbocycles. The Bertz CT molecular complexity index is 264. The predicted molar refractivity (Wildman–Crippen MR) is 62.1 cm³/mol. The molecule has 3 amide bonds. The van der Waals surface area contributed by atoms with Crippen molar-refractivity contribution in [3.8, 4) is 0 Å². The van der Waals surface area contributed by atoms with Crippen LogP contribution in [0.2, 0.25) is 0 Å². The van der Waals surface area contributed by atoms with Crippen molar-refractivity contribution in [1.29, 1.82) is 0 Å². The molecule has 0 spiro atoms. The minimum absolute atomic E-state index is 0.0352. The summed E-state index contributed by atoms with van der Waals surface area (Å²) in [6.07, 6.45) is 0.551. The number of carbonyl (C=O) groups is 2. The molecule has 16 heavy (non-hydrogen) atoms. The number of nitrogens with one attached hydrogen (secondary N) is 1. The lowest BCUT2D eigenvalue weighted by molar-refractivity contribution is -0.126. The predicted octanol–water partition coefficient (Wildman–Crippen LogP) is 0.516. The van der Waals surface area contributed by atoms with Crippen LogP contribution in [0.25, 0.3) is 0 Å². The van der Waals surface area contributed by atoms with Crippen LogP contribution in [0.3, 0.4) is 0 Å². The van der Waals surface area contributed by atoms with Crippen molar-refractivity contribution < 1.29 is 9.59 Å². The second-order valence-corrected chi connectivity index (χ2v) is 4.20. The third-order valence-electron chi connectivity index (χ3n) is 3.01. The van der Waals surface area contributed by atoms with Gasteiger partial charge in [-0.15, -0.1) is 0 Å². The zero-order valence-corrected chi connectivity index (χ0v) is 10.3. The van der Waals surface area contributed by atoms with Gasteiger partial charge in [0.15, 0.2) is 0 Å². The fourth-order valence-electron chi connectivity index (χ4n) is 1.95. The van der Waals surface area contributed by atoms with Gasteiger partial charge in [0.2, 0.25) is 5.91 Å². The highest BCUT2D eigenvalue weighted by molar-refractivity contribution is 5.78. The topological polar surface area (TPSA) is 52.7 Å². The zero-order chi connectivity index (χ0) is 12.1. The molecule has 0 radical (unpaired) electrons. The van der Waals surface area contributed by atoms with Crippen molar-refractivity contribution in [2.24, 2.45) is 5.92 Å². The van der Waals surface area contributed by atoms with E-state index in [4.69, 9.17) is 0 Å². The highest BCUT2D eigenvalue weighted by Gasteiger charge is 2.27. The highest BCUT2D eigenvalue weighted by Crippen LogP contribution is 2.14. The largest absolute Gasteiger partial charge is 0.345 e. The van der Waals surface area contributed by atoms with E-state index in [-0.39, 0.29) is 17.9 Å². The second kappa shape index (κ2) is 5.72. The number of nitrogens with zero attached hydrogens (tertiary/aromatic N) is 2. The van der Waals surface area contributed by atoms with Gasteiger partial charge >= 0.3 is 6.03 Å². The van der Waals surface area contributed by atoms with Gasteiger partial charge in [0, 0.05) is 45.6 Å². The molecule has 1 N–H and O–H groups in total. The smallest absolute Gasteiger partial charge is 0.317 e. The summed E-state index contributed by atoms with van der Waals surface area (Å²) in [5.41, 5.74) is 0. The van der Waals surface area contributed by atoms with Gasteiger partial charge in [0.05, 0.1) is 0 Å². The Balaban J connectivity index is 2.30. The molecule has 1 atom stereocenters. The quantitative estimate of drug-likeness (QED) is 0.761. The van der Waals surface area contributed by atoms with Crippen LogP contribution in [0.5, 0.6) is 0 Å². The van der Waals surface area contributed by atoms with Crippen molar-refractivity contribution >= 4 is 11.9 Å². The third kappa shape index (κ3) is 3.12. The maximum atomic E-state index is 11.6. The van der Waals surface area contributed by atoms with Gasteiger partial charge in [-0.25, -0.2) is 4.79 Å². The average molecular weight is 227 g/mol. The number of likely N-dealkylation sites (tertiary alicyclic amines) is 1. The monoisotopic (exact) mass is 227 g/mol. The van der Waals surface area contributed by atoms with Crippen LogP contribution < -0.4 is 5.32 Å². The molecule has 1 unspecified atom stereocenters. The molecule has 1 aliphatic heterocycles. The summed E-state index contributed by atoms with van der Waals surface area (Å²) in [5.74, 6) is 0.430. The first-order chi connectivity index (χ1) is 7.58. The molecule has 1 saturated heterocycles. The van der Waals surface area contributed by atoms with Gasteiger partial charge in [0.1, 0.15) is 0 Å². The Morgan fingerprint density at radius 3 is 2.56 bits per heavy atom. The molecular formula is C11H21N3O2. The maximum absolute atomic E-state index is 11.6. The van der Waals surface area contributed by atoms with Crippen LogP contribution in [0.15, 0.2) is 0 Å². The van der Waals surface area contributed by atoms with Crippen LogP contribution in [0.4, 0.5) is 4.79 Å². The van der Waals surface area contributed by atoms with E-state index in [0.717, 1.165) is 6.54 Å². The molecule has 1 rings (SSSR count). The summed E-state index contributed by atoms with van der Waals surface area (Å²) in [6.45, 7) is 6.67. The van der Waals surface area contributed by atoms with E-state index in [1.54, 1.807) is 16.8 Å². The molecule has 92 valence electrons. The zero-order valence-electron chi connectivity index (χ0n) is 10.3. The molecule has 1 fully saturated rings. The van der Waals surface area contributed by atoms with Gasteiger partial charge in [-0.2, -0.15) is 0 Å². The van der Waals surface area contributed by atoms with E-state index in [1.165, 1.54) is 0 Å². The lowest BCUT2D eigenvalue weighted by atomic mass is 10.1. The fraction of sp³-hybridized carbons (Fsp3) is 0.818. The number of amides is 3. The van der Waals surface area contributed by atoms with Gasteiger partial charge < -0.3 is 15.1 Å². The average Bonchev–Trinajstić information content (AvgIpc) is 2.57. The number of hydrogen-bond donors (Lipinski definition) is 1. The fourth-order valence-corrected chi connectivity index (χ4v) is 1.95. The maximum Gasteiger partial charge on any atom is 0.317 e. The first-order valence-electron chi connectivity index (χ1n) is 5.85. The summed E-state index contributed by atoms with van der Waals surface area (Å²) in [6, 6.07) is -0.0352. The van der Waals surface area contributed by atoms with Crippen molar-refractivity contribution in [2.75, 3.05) is 33.2 Å². The first-order valence-corrected chi connectivity index (χ1v) is 5.85. The SMILES string of the molecule is CCN(CC)C(=O)NCC1CC(=O)N(C)C1. The molecule has 5 heteroatoms. The Kier molecular flexibility index (Phi) is 4.58.